The Balaban J connectivity index is 2.21. The Labute approximate surface area is 165 Å². The first-order valence-corrected chi connectivity index (χ1v) is 9.08. The van der Waals surface area contributed by atoms with E-state index in [1.807, 2.05) is 56.3 Å². The number of aryl methyl sites for hydroxylation is 2. The molecule has 134 valence electrons. The third-order valence-electron chi connectivity index (χ3n) is 4.82. The van der Waals surface area contributed by atoms with Gasteiger partial charge in [0, 0.05) is 11.1 Å². The summed E-state index contributed by atoms with van der Waals surface area (Å²) in [4.78, 5) is 25.6. The standard InChI is InChI=1S/C22H14Cl2O3/c1-10-3-6-12(7-4-10)15-13-8-5-11(2)9-14(13)16-17(20(15)25)22(27)19(24)18(23)21(16)26/h3-9,25H,1-2H3. The molecule has 0 unspecified atom stereocenters. The zero-order valence-electron chi connectivity index (χ0n) is 14.6. The minimum Gasteiger partial charge on any atom is -0.506 e. The van der Waals surface area contributed by atoms with Crippen LogP contribution in [-0.2, 0) is 0 Å². The largest absolute Gasteiger partial charge is 0.506 e. The molecule has 5 heteroatoms. The Morgan fingerprint density at radius 3 is 1.89 bits per heavy atom. The van der Waals surface area contributed by atoms with Crippen molar-refractivity contribution >= 4 is 45.5 Å². The van der Waals surface area contributed by atoms with Crippen LogP contribution in [0, 0.1) is 13.8 Å². The van der Waals surface area contributed by atoms with Crippen LogP contribution in [0.1, 0.15) is 31.8 Å². The van der Waals surface area contributed by atoms with Gasteiger partial charge in [-0.25, -0.2) is 0 Å². The molecule has 1 aliphatic rings. The topological polar surface area (TPSA) is 54.4 Å². The summed E-state index contributed by atoms with van der Waals surface area (Å²) in [6.45, 7) is 3.86. The summed E-state index contributed by atoms with van der Waals surface area (Å²) in [5, 5.41) is 11.6. The third kappa shape index (κ3) is 2.58. The van der Waals surface area contributed by atoms with E-state index < -0.39 is 11.6 Å². The summed E-state index contributed by atoms with van der Waals surface area (Å²) >= 11 is 12.0. The van der Waals surface area contributed by atoms with Gasteiger partial charge in [0.05, 0.1) is 5.56 Å². The van der Waals surface area contributed by atoms with Crippen molar-refractivity contribution in [2.75, 3.05) is 0 Å². The number of phenols is 1. The minimum atomic E-state index is -0.648. The van der Waals surface area contributed by atoms with E-state index in [4.69, 9.17) is 23.2 Å². The maximum Gasteiger partial charge on any atom is 0.210 e. The van der Waals surface area contributed by atoms with Crippen molar-refractivity contribution in [2.24, 2.45) is 0 Å². The molecule has 0 saturated carbocycles. The molecule has 0 heterocycles. The highest BCUT2D eigenvalue weighted by Crippen LogP contribution is 2.46. The molecule has 0 amide bonds. The van der Waals surface area contributed by atoms with Crippen LogP contribution in [0.3, 0.4) is 0 Å². The first kappa shape index (κ1) is 17.8. The lowest BCUT2D eigenvalue weighted by Gasteiger charge is -2.21. The number of phenolic OH excluding ortho intramolecular Hbond substituents is 1. The van der Waals surface area contributed by atoms with Gasteiger partial charge in [-0.2, -0.15) is 0 Å². The van der Waals surface area contributed by atoms with Gasteiger partial charge in [0.15, 0.2) is 0 Å². The number of halogens is 2. The van der Waals surface area contributed by atoms with Gasteiger partial charge in [0.1, 0.15) is 15.8 Å². The van der Waals surface area contributed by atoms with Gasteiger partial charge in [-0.05, 0) is 30.2 Å². The third-order valence-corrected chi connectivity index (χ3v) is 5.64. The fourth-order valence-corrected chi connectivity index (χ4v) is 3.84. The maximum absolute atomic E-state index is 12.8. The molecule has 0 radical (unpaired) electrons. The minimum absolute atomic E-state index is 0.0944. The lowest BCUT2D eigenvalue weighted by molar-refractivity contribution is 0.0986. The smallest absolute Gasteiger partial charge is 0.210 e. The summed E-state index contributed by atoms with van der Waals surface area (Å²) < 4.78 is 0. The first-order valence-electron chi connectivity index (χ1n) is 8.32. The summed E-state index contributed by atoms with van der Waals surface area (Å²) in [6.07, 6.45) is 0. The highest BCUT2D eigenvalue weighted by molar-refractivity contribution is 6.60. The normalized spacial score (nSPS) is 14.1. The lowest BCUT2D eigenvalue weighted by Crippen LogP contribution is -2.19. The van der Waals surface area contributed by atoms with Crippen LogP contribution in [0.25, 0.3) is 21.9 Å². The summed E-state index contributed by atoms with van der Waals surface area (Å²) in [7, 11) is 0. The molecular weight excluding hydrogens is 383 g/mol. The van der Waals surface area contributed by atoms with Gasteiger partial charge in [-0.15, -0.1) is 0 Å². The predicted molar refractivity (Wildman–Crippen MR) is 108 cm³/mol. The number of ketones is 2. The first-order chi connectivity index (χ1) is 12.8. The van der Waals surface area contributed by atoms with Crippen molar-refractivity contribution in [3.8, 4) is 16.9 Å². The lowest BCUT2D eigenvalue weighted by atomic mass is 9.83. The predicted octanol–water partition coefficient (Wildman–Crippen LogP) is 5.90. The second kappa shape index (κ2) is 6.22. The van der Waals surface area contributed by atoms with E-state index >= 15 is 0 Å². The average molecular weight is 397 g/mol. The van der Waals surface area contributed by atoms with Crippen molar-refractivity contribution in [1.82, 2.24) is 0 Å². The molecule has 3 nitrogen and oxygen atoms in total. The summed E-state index contributed by atoms with van der Waals surface area (Å²) in [5.74, 6) is -1.46. The molecule has 0 aromatic heterocycles. The van der Waals surface area contributed by atoms with E-state index in [1.165, 1.54) is 0 Å². The molecule has 27 heavy (non-hydrogen) atoms. The van der Waals surface area contributed by atoms with E-state index in [1.54, 1.807) is 0 Å². The Kier molecular flexibility index (Phi) is 4.10. The second-order valence-electron chi connectivity index (χ2n) is 6.67. The van der Waals surface area contributed by atoms with Crippen LogP contribution in [0.5, 0.6) is 5.75 Å². The van der Waals surface area contributed by atoms with Crippen molar-refractivity contribution in [1.29, 1.82) is 0 Å². The van der Waals surface area contributed by atoms with E-state index in [0.29, 0.717) is 16.3 Å². The molecule has 1 N–H and O–H groups in total. The Hall–Kier alpha value is -2.62. The van der Waals surface area contributed by atoms with Gasteiger partial charge >= 0.3 is 0 Å². The maximum atomic E-state index is 12.8. The number of rotatable bonds is 1. The SMILES string of the molecule is Cc1ccc(-c2c(O)c3c(c4cc(C)ccc24)C(=O)C(Cl)=C(Cl)C3=O)cc1. The molecule has 0 bridgehead atoms. The number of hydrogen-bond donors (Lipinski definition) is 1. The fourth-order valence-electron chi connectivity index (χ4n) is 3.48. The Morgan fingerprint density at radius 2 is 1.26 bits per heavy atom. The van der Waals surface area contributed by atoms with Gasteiger partial charge < -0.3 is 5.11 Å². The van der Waals surface area contributed by atoms with Crippen molar-refractivity contribution in [2.45, 2.75) is 13.8 Å². The zero-order chi connectivity index (χ0) is 19.5. The van der Waals surface area contributed by atoms with Gasteiger partial charge in [0.25, 0.3) is 0 Å². The van der Waals surface area contributed by atoms with Crippen molar-refractivity contribution in [3.05, 3.63) is 74.8 Å². The number of Topliss-reactive ketones (excluding diaryl/α,β-unsaturated/α-hetero) is 2. The average Bonchev–Trinajstić information content (AvgIpc) is 2.65. The Morgan fingerprint density at radius 1 is 0.704 bits per heavy atom. The fraction of sp³-hybridized carbons (Fsp3) is 0.0909. The molecule has 0 aliphatic heterocycles. The van der Waals surface area contributed by atoms with E-state index in [0.717, 1.165) is 16.7 Å². The molecule has 0 spiro atoms. The quantitative estimate of drug-likeness (QED) is 0.557. The number of hydrogen-bond acceptors (Lipinski definition) is 3. The van der Waals surface area contributed by atoms with Crippen LogP contribution in [0.4, 0.5) is 0 Å². The van der Waals surface area contributed by atoms with Crippen LogP contribution in [0.2, 0.25) is 0 Å². The number of allylic oxidation sites excluding steroid dienone is 2. The Bertz CT molecular complexity index is 1190. The highest BCUT2D eigenvalue weighted by Gasteiger charge is 2.36. The molecule has 0 saturated heterocycles. The number of carbonyl (C=O) groups is 2. The van der Waals surface area contributed by atoms with E-state index in [-0.39, 0.29) is 26.9 Å². The van der Waals surface area contributed by atoms with E-state index in [2.05, 4.69) is 0 Å². The molecule has 0 atom stereocenters. The number of benzene rings is 3. The van der Waals surface area contributed by atoms with Gasteiger partial charge in [-0.3, -0.25) is 9.59 Å². The molecule has 3 aromatic rings. The molecule has 1 aliphatic carbocycles. The number of fused-ring (bicyclic) bond motifs is 3. The summed E-state index contributed by atoms with van der Waals surface area (Å²) in [6, 6.07) is 13.1. The van der Waals surface area contributed by atoms with E-state index in [9.17, 15) is 14.7 Å². The van der Waals surface area contributed by atoms with Crippen molar-refractivity contribution < 1.29 is 14.7 Å². The van der Waals surface area contributed by atoms with Crippen LogP contribution < -0.4 is 0 Å². The van der Waals surface area contributed by atoms with Gasteiger partial charge in [0.2, 0.25) is 11.6 Å². The van der Waals surface area contributed by atoms with Crippen LogP contribution in [-0.4, -0.2) is 16.7 Å². The molecular formula is C22H14Cl2O3. The highest BCUT2D eigenvalue weighted by atomic mass is 35.5. The number of aromatic hydroxyl groups is 1. The molecule has 3 aromatic carbocycles. The zero-order valence-corrected chi connectivity index (χ0v) is 16.1. The second-order valence-corrected chi connectivity index (χ2v) is 7.43. The van der Waals surface area contributed by atoms with Crippen LogP contribution in [0.15, 0.2) is 52.5 Å². The van der Waals surface area contributed by atoms with Crippen molar-refractivity contribution in [3.63, 3.8) is 0 Å². The van der Waals surface area contributed by atoms with Crippen LogP contribution >= 0.6 is 23.2 Å². The summed E-state index contributed by atoms with van der Waals surface area (Å²) in [5.41, 5.74) is 3.23. The monoisotopic (exact) mass is 396 g/mol. The molecule has 0 fully saturated rings. The number of carbonyl (C=O) groups excluding carboxylic acids is 2. The molecule has 4 rings (SSSR count). The van der Waals surface area contributed by atoms with Gasteiger partial charge in [-0.1, -0.05) is 76.8 Å².